The summed E-state index contributed by atoms with van der Waals surface area (Å²) in [7, 11) is 3.28. The zero-order valence-corrected chi connectivity index (χ0v) is 14.0. The minimum Gasteiger partial charge on any atom is -0.493 e. The molecule has 0 spiro atoms. The molecule has 1 heterocycles. The van der Waals surface area contributed by atoms with Crippen LogP contribution in [0.1, 0.15) is 43.7 Å². The van der Waals surface area contributed by atoms with Crippen LogP contribution in [0.2, 0.25) is 0 Å². The Morgan fingerprint density at radius 1 is 1.22 bits per heavy atom. The summed E-state index contributed by atoms with van der Waals surface area (Å²) >= 11 is 0. The molecule has 0 aromatic heterocycles. The Morgan fingerprint density at radius 2 is 2.04 bits per heavy atom. The van der Waals surface area contributed by atoms with Gasteiger partial charge in [0.2, 0.25) is 5.91 Å². The average Bonchev–Trinajstić information content (AvgIpc) is 3.25. The monoisotopic (exact) mass is 315 g/mol. The number of benzene rings is 1. The quantitative estimate of drug-likeness (QED) is 0.777. The summed E-state index contributed by atoms with van der Waals surface area (Å²) in [6.07, 6.45) is 9.32. The summed E-state index contributed by atoms with van der Waals surface area (Å²) in [5.74, 6) is 2.15. The van der Waals surface area contributed by atoms with Gasteiger partial charge in [-0.2, -0.15) is 0 Å². The van der Waals surface area contributed by atoms with Crippen LogP contribution in [0.25, 0.3) is 0 Å². The Kier molecular flexibility index (Phi) is 4.89. The fraction of sp³-hybridized carbons (Fsp3) is 0.526. The summed E-state index contributed by atoms with van der Waals surface area (Å²) in [4.78, 5) is 14.7. The van der Waals surface area contributed by atoms with Gasteiger partial charge in [0.15, 0.2) is 11.5 Å². The Hall–Kier alpha value is -1.97. The van der Waals surface area contributed by atoms with Crippen molar-refractivity contribution in [1.29, 1.82) is 0 Å². The first-order valence-corrected chi connectivity index (χ1v) is 8.41. The number of carbonyl (C=O) groups excluding carboxylic acids is 1. The minimum absolute atomic E-state index is 0.160. The number of ether oxygens (including phenoxy) is 2. The fourth-order valence-corrected chi connectivity index (χ4v) is 3.68. The third-order valence-electron chi connectivity index (χ3n) is 4.91. The molecule has 4 nitrogen and oxygen atoms in total. The molecule has 1 fully saturated rings. The van der Waals surface area contributed by atoms with Crippen LogP contribution in [0, 0.1) is 5.92 Å². The van der Waals surface area contributed by atoms with Gasteiger partial charge in [-0.15, -0.1) is 0 Å². The predicted octanol–water partition coefficient (Wildman–Crippen LogP) is 3.72. The maximum atomic E-state index is 12.7. The van der Waals surface area contributed by atoms with Crippen molar-refractivity contribution in [2.24, 2.45) is 5.92 Å². The number of hydrogen-bond acceptors (Lipinski definition) is 3. The Morgan fingerprint density at radius 3 is 2.74 bits per heavy atom. The van der Waals surface area contributed by atoms with Crippen molar-refractivity contribution < 1.29 is 14.3 Å². The van der Waals surface area contributed by atoms with Gasteiger partial charge < -0.3 is 14.4 Å². The van der Waals surface area contributed by atoms with Gasteiger partial charge in [-0.05, 0) is 49.3 Å². The molecular formula is C19H25NO3. The smallest absolute Gasteiger partial charge is 0.223 e. The van der Waals surface area contributed by atoms with E-state index in [1.807, 2.05) is 23.1 Å². The molecule has 2 atom stereocenters. The van der Waals surface area contributed by atoms with Gasteiger partial charge in [0.05, 0.1) is 20.3 Å². The highest BCUT2D eigenvalue weighted by molar-refractivity contribution is 5.77. The first-order valence-electron chi connectivity index (χ1n) is 8.41. The molecule has 0 N–H and O–H groups in total. The molecular weight excluding hydrogens is 290 g/mol. The molecule has 0 unspecified atom stereocenters. The highest BCUT2D eigenvalue weighted by Gasteiger charge is 2.31. The predicted molar refractivity (Wildman–Crippen MR) is 89.7 cm³/mol. The Labute approximate surface area is 138 Å². The van der Waals surface area contributed by atoms with Gasteiger partial charge in [-0.25, -0.2) is 0 Å². The minimum atomic E-state index is 0.160. The lowest BCUT2D eigenvalue weighted by molar-refractivity contribution is -0.132. The largest absolute Gasteiger partial charge is 0.493 e. The number of carbonyl (C=O) groups is 1. The summed E-state index contributed by atoms with van der Waals surface area (Å²) in [5.41, 5.74) is 1.13. The van der Waals surface area contributed by atoms with E-state index in [1.54, 1.807) is 14.2 Å². The fourth-order valence-electron chi connectivity index (χ4n) is 3.68. The van der Waals surface area contributed by atoms with E-state index in [1.165, 1.54) is 0 Å². The van der Waals surface area contributed by atoms with Crippen LogP contribution in [0.15, 0.2) is 30.4 Å². The molecule has 1 aromatic rings. The van der Waals surface area contributed by atoms with Gasteiger partial charge >= 0.3 is 0 Å². The van der Waals surface area contributed by atoms with E-state index in [4.69, 9.17) is 9.47 Å². The normalized spacial score (nSPS) is 23.3. The second-order valence-corrected chi connectivity index (χ2v) is 6.33. The summed E-state index contributed by atoms with van der Waals surface area (Å²) < 4.78 is 10.7. The number of hydrogen-bond donors (Lipinski definition) is 0. The van der Waals surface area contributed by atoms with Crippen molar-refractivity contribution in [3.63, 3.8) is 0 Å². The molecule has 4 heteroatoms. The first kappa shape index (κ1) is 15.9. The second kappa shape index (κ2) is 7.07. The molecule has 0 radical (unpaired) electrons. The van der Waals surface area contributed by atoms with Crippen LogP contribution in [0.4, 0.5) is 0 Å². The molecule has 1 aliphatic heterocycles. The van der Waals surface area contributed by atoms with Crippen LogP contribution >= 0.6 is 0 Å². The summed E-state index contributed by atoms with van der Waals surface area (Å²) in [5, 5.41) is 0. The molecule has 3 rings (SSSR count). The van der Waals surface area contributed by atoms with Gasteiger partial charge in [0.1, 0.15) is 0 Å². The molecule has 124 valence electrons. The lowest BCUT2D eigenvalue weighted by atomic mass is 10.0. The topological polar surface area (TPSA) is 38.8 Å². The Bertz CT molecular complexity index is 596. The maximum Gasteiger partial charge on any atom is 0.223 e. The average molecular weight is 315 g/mol. The van der Waals surface area contributed by atoms with Crippen molar-refractivity contribution in [3.8, 4) is 11.5 Å². The van der Waals surface area contributed by atoms with Crippen LogP contribution < -0.4 is 9.47 Å². The number of rotatable bonds is 5. The molecule has 0 bridgehead atoms. The zero-order valence-electron chi connectivity index (χ0n) is 14.0. The highest BCUT2D eigenvalue weighted by Crippen LogP contribution is 2.37. The molecule has 23 heavy (non-hydrogen) atoms. The second-order valence-electron chi connectivity index (χ2n) is 6.33. The van der Waals surface area contributed by atoms with E-state index in [9.17, 15) is 4.79 Å². The lowest BCUT2D eigenvalue weighted by Gasteiger charge is -2.26. The van der Waals surface area contributed by atoms with E-state index in [-0.39, 0.29) is 11.9 Å². The van der Waals surface area contributed by atoms with Crippen molar-refractivity contribution in [2.75, 3.05) is 20.8 Å². The van der Waals surface area contributed by atoms with E-state index >= 15 is 0 Å². The number of likely N-dealkylation sites (tertiary alicyclic amines) is 1. The molecule has 1 aromatic carbocycles. The highest BCUT2D eigenvalue weighted by atomic mass is 16.5. The van der Waals surface area contributed by atoms with E-state index in [0.717, 1.165) is 49.3 Å². The number of nitrogens with zero attached hydrogens (tertiary/aromatic N) is 1. The van der Waals surface area contributed by atoms with Crippen molar-refractivity contribution in [1.82, 2.24) is 4.90 Å². The van der Waals surface area contributed by atoms with Gasteiger partial charge in [0.25, 0.3) is 0 Å². The summed E-state index contributed by atoms with van der Waals surface area (Å²) in [6.45, 7) is 0.855. The SMILES string of the molecule is COc1ccc([C@H]2CCCN2C(=O)C[C@@H]2C=CCC2)cc1OC. The molecule has 0 saturated carbocycles. The zero-order chi connectivity index (χ0) is 16.2. The van der Waals surface area contributed by atoms with Crippen LogP contribution in [0.3, 0.4) is 0 Å². The van der Waals surface area contributed by atoms with Gasteiger partial charge in [-0.1, -0.05) is 18.2 Å². The van der Waals surface area contributed by atoms with Crippen molar-refractivity contribution >= 4 is 5.91 Å². The van der Waals surface area contributed by atoms with E-state index < -0.39 is 0 Å². The van der Waals surface area contributed by atoms with Crippen LogP contribution in [-0.4, -0.2) is 31.6 Å². The van der Waals surface area contributed by atoms with Crippen LogP contribution in [0.5, 0.6) is 11.5 Å². The van der Waals surface area contributed by atoms with Crippen LogP contribution in [-0.2, 0) is 4.79 Å². The van der Waals surface area contributed by atoms with Crippen molar-refractivity contribution in [2.45, 2.75) is 38.1 Å². The maximum absolute atomic E-state index is 12.7. The van der Waals surface area contributed by atoms with Gasteiger partial charge in [0, 0.05) is 13.0 Å². The molecule has 2 aliphatic rings. The third kappa shape index (κ3) is 3.36. The van der Waals surface area contributed by atoms with E-state index in [0.29, 0.717) is 12.3 Å². The van der Waals surface area contributed by atoms with Gasteiger partial charge in [-0.3, -0.25) is 4.79 Å². The number of amides is 1. The Balaban J connectivity index is 1.75. The standard InChI is InChI=1S/C19H25NO3/c1-22-17-10-9-15(13-18(17)23-2)16-8-5-11-20(16)19(21)12-14-6-3-4-7-14/h3,6,9-10,13-14,16H,4-5,7-8,11-12H2,1-2H3/t14-,16-/m1/s1. The summed E-state index contributed by atoms with van der Waals surface area (Å²) in [6, 6.07) is 6.14. The number of methoxy groups -OCH3 is 2. The number of allylic oxidation sites excluding steroid dienone is 2. The third-order valence-corrected chi connectivity index (χ3v) is 4.91. The molecule has 1 saturated heterocycles. The first-order chi connectivity index (χ1) is 11.2. The lowest BCUT2D eigenvalue weighted by Crippen LogP contribution is -2.31. The molecule has 1 amide bonds. The van der Waals surface area contributed by atoms with E-state index in [2.05, 4.69) is 12.2 Å². The van der Waals surface area contributed by atoms with Crippen molar-refractivity contribution in [3.05, 3.63) is 35.9 Å². The molecule has 1 aliphatic carbocycles.